The maximum atomic E-state index is 5.19. The van der Waals surface area contributed by atoms with Crippen molar-refractivity contribution < 1.29 is 4.74 Å². The molecule has 0 amide bonds. The first-order valence-corrected chi connectivity index (χ1v) is 5.65. The number of hydrogen-bond donors (Lipinski definition) is 2. The highest BCUT2D eigenvalue weighted by atomic mass is 16.5. The van der Waals surface area contributed by atoms with Gasteiger partial charge >= 0.3 is 0 Å². The summed E-state index contributed by atoms with van der Waals surface area (Å²) in [6.07, 6.45) is 4.26. The summed E-state index contributed by atoms with van der Waals surface area (Å²) in [5.74, 6) is 0. The van der Waals surface area contributed by atoms with E-state index < -0.39 is 0 Å². The Kier molecular flexibility index (Phi) is 4.85. The van der Waals surface area contributed by atoms with Crippen LogP contribution in [-0.2, 0) is 4.74 Å². The van der Waals surface area contributed by atoms with Gasteiger partial charge < -0.3 is 15.4 Å². The third-order valence-electron chi connectivity index (χ3n) is 3.06. The van der Waals surface area contributed by atoms with Crippen LogP contribution in [0.3, 0.4) is 0 Å². The molecule has 0 aromatic rings. The molecule has 84 valence electrons. The zero-order valence-electron chi connectivity index (χ0n) is 9.73. The highest BCUT2D eigenvalue weighted by Gasteiger charge is 2.25. The standard InChI is InChI=1S/C11H24N2O/c1-10(14-3)8-12-9-11(2)6-4-5-7-13-11/h10,12-13H,4-9H2,1-3H3. The smallest absolute Gasteiger partial charge is 0.0667 e. The van der Waals surface area contributed by atoms with Gasteiger partial charge in [0.05, 0.1) is 6.10 Å². The molecule has 2 atom stereocenters. The SMILES string of the molecule is COC(C)CNCC1(C)CCCCN1. The molecule has 14 heavy (non-hydrogen) atoms. The molecule has 1 aliphatic heterocycles. The fourth-order valence-corrected chi connectivity index (χ4v) is 1.90. The maximum absolute atomic E-state index is 5.19. The van der Waals surface area contributed by atoms with Crippen LogP contribution in [-0.4, -0.2) is 38.4 Å². The van der Waals surface area contributed by atoms with Crippen LogP contribution in [0, 0.1) is 0 Å². The predicted octanol–water partition coefficient (Wildman–Crippen LogP) is 1.14. The van der Waals surface area contributed by atoms with E-state index in [0.29, 0.717) is 11.6 Å². The number of hydrogen-bond acceptors (Lipinski definition) is 3. The molecular weight excluding hydrogens is 176 g/mol. The van der Waals surface area contributed by atoms with E-state index in [1.54, 1.807) is 7.11 Å². The first-order chi connectivity index (χ1) is 6.66. The molecule has 2 N–H and O–H groups in total. The van der Waals surface area contributed by atoms with E-state index in [1.807, 2.05) is 0 Å². The van der Waals surface area contributed by atoms with Crippen molar-refractivity contribution in [3.8, 4) is 0 Å². The third-order valence-corrected chi connectivity index (χ3v) is 3.06. The van der Waals surface area contributed by atoms with Gasteiger partial charge in [0.1, 0.15) is 0 Å². The average molecular weight is 200 g/mol. The van der Waals surface area contributed by atoms with Crippen LogP contribution in [0.15, 0.2) is 0 Å². The molecule has 1 rings (SSSR count). The van der Waals surface area contributed by atoms with Crippen molar-refractivity contribution in [2.75, 3.05) is 26.7 Å². The van der Waals surface area contributed by atoms with Crippen molar-refractivity contribution in [3.63, 3.8) is 0 Å². The van der Waals surface area contributed by atoms with E-state index in [-0.39, 0.29) is 0 Å². The predicted molar refractivity (Wildman–Crippen MR) is 59.6 cm³/mol. The zero-order chi connectivity index (χ0) is 10.4. The maximum Gasteiger partial charge on any atom is 0.0667 e. The quantitative estimate of drug-likeness (QED) is 0.698. The van der Waals surface area contributed by atoms with E-state index in [0.717, 1.165) is 19.6 Å². The van der Waals surface area contributed by atoms with Crippen LogP contribution in [0.4, 0.5) is 0 Å². The Hall–Kier alpha value is -0.120. The van der Waals surface area contributed by atoms with Gasteiger partial charge in [-0.25, -0.2) is 0 Å². The first kappa shape index (κ1) is 12.0. The van der Waals surface area contributed by atoms with Crippen molar-refractivity contribution in [2.45, 2.75) is 44.8 Å². The second-order valence-corrected chi connectivity index (χ2v) is 4.62. The average Bonchev–Trinajstić information content (AvgIpc) is 2.18. The van der Waals surface area contributed by atoms with Gasteiger partial charge in [0.25, 0.3) is 0 Å². The summed E-state index contributed by atoms with van der Waals surface area (Å²) in [5, 5.41) is 7.04. The minimum atomic E-state index is 0.297. The van der Waals surface area contributed by atoms with Crippen LogP contribution >= 0.6 is 0 Å². The highest BCUT2D eigenvalue weighted by Crippen LogP contribution is 2.17. The Balaban J connectivity index is 2.15. The van der Waals surface area contributed by atoms with Gasteiger partial charge in [-0.2, -0.15) is 0 Å². The minimum absolute atomic E-state index is 0.297. The second kappa shape index (κ2) is 5.69. The molecule has 0 radical (unpaired) electrons. The van der Waals surface area contributed by atoms with Gasteiger partial charge in [-0.15, -0.1) is 0 Å². The number of methoxy groups -OCH3 is 1. The van der Waals surface area contributed by atoms with Gasteiger partial charge in [0.15, 0.2) is 0 Å². The van der Waals surface area contributed by atoms with E-state index >= 15 is 0 Å². The van der Waals surface area contributed by atoms with Crippen LogP contribution in [0.2, 0.25) is 0 Å². The Labute approximate surface area is 87.6 Å². The molecule has 0 aromatic heterocycles. The lowest BCUT2D eigenvalue weighted by molar-refractivity contribution is 0.114. The number of nitrogens with one attached hydrogen (secondary N) is 2. The van der Waals surface area contributed by atoms with Crippen molar-refractivity contribution in [2.24, 2.45) is 0 Å². The van der Waals surface area contributed by atoms with Crippen LogP contribution in [0.5, 0.6) is 0 Å². The summed E-state index contributed by atoms with van der Waals surface area (Å²) >= 11 is 0. The Morgan fingerprint density at radius 1 is 1.50 bits per heavy atom. The number of piperidine rings is 1. The highest BCUT2D eigenvalue weighted by molar-refractivity contribution is 4.88. The molecule has 1 aliphatic rings. The summed E-state index contributed by atoms with van der Waals surface area (Å²) in [4.78, 5) is 0. The molecule has 0 aromatic carbocycles. The van der Waals surface area contributed by atoms with Crippen LogP contribution < -0.4 is 10.6 Å². The van der Waals surface area contributed by atoms with Gasteiger partial charge in [-0.1, -0.05) is 6.42 Å². The summed E-state index contributed by atoms with van der Waals surface area (Å²) in [7, 11) is 1.76. The molecule has 1 heterocycles. The lowest BCUT2D eigenvalue weighted by Crippen LogP contribution is -2.53. The van der Waals surface area contributed by atoms with Gasteiger partial charge in [-0.05, 0) is 33.2 Å². The fraction of sp³-hybridized carbons (Fsp3) is 1.00. The van der Waals surface area contributed by atoms with Crippen molar-refractivity contribution in [3.05, 3.63) is 0 Å². The topological polar surface area (TPSA) is 33.3 Å². The molecule has 0 saturated carbocycles. The summed E-state index contributed by atoms with van der Waals surface area (Å²) in [5.41, 5.74) is 0.297. The molecule has 0 spiro atoms. The van der Waals surface area contributed by atoms with Crippen LogP contribution in [0.25, 0.3) is 0 Å². The summed E-state index contributed by atoms with van der Waals surface area (Å²) < 4.78 is 5.19. The van der Waals surface area contributed by atoms with E-state index in [2.05, 4.69) is 24.5 Å². The third kappa shape index (κ3) is 3.95. The van der Waals surface area contributed by atoms with Crippen LogP contribution in [0.1, 0.15) is 33.1 Å². The largest absolute Gasteiger partial charge is 0.380 e. The molecule has 3 heteroatoms. The van der Waals surface area contributed by atoms with E-state index in [1.165, 1.54) is 19.3 Å². The summed E-state index contributed by atoms with van der Waals surface area (Å²) in [6.45, 7) is 7.53. The van der Waals surface area contributed by atoms with E-state index in [9.17, 15) is 0 Å². The fourth-order valence-electron chi connectivity index (χ4n) is 1.90. The molecular formula is C11H24N2O. The van der Waals surface area contributed by atoms with Gasteiger partial charge in [-0.3, -0.25) is 0 Å². The normalized spacial score (nSPS) is 30.2. The van der Waals surface area contributed by atoms with Crippen molar-refractivity contribution in [1.82, 2.24) is 10.6 Å². The zero-order valence-corrected chi connectivity index (χ0v) is 9.73. The number of rotatable bonds is 5. The van der Waals surface area contributed by atoms with Crippen molar-refractivity contribution >= 4 is 0 Å². The van der Waals surface area contributed by atoms with Crippen molar-refractivity contribution in [1.29, 1.82) is 0 Å². The first-order valence-electron chi connectivity index (χ1n) is 5.65. The monoisotopic (exact) mass is 200 g/mol. The van der Waals surface area contributed by atoms with E-state index in [4.69, 9.17) is 4.74 Å². The molecule has 1 saturated heterocycles. The Bertz CT molecular complexity index is 155. The Morgan fingerprint density at radius 2 is 2.29 bits per heavy atom. The lowest BCUT2D eigenvalue weighted by atomic mass is 9.91. The Morgan fingerprint density at radius 3 is 2.86 bits per heavy atom. The minimum Gasteiger partial charge on any atom is -0.380 e. The van der Waals surface area contributed by atoms with Gasteiger partial charge in [0, 0.05) is 25.7 Å². The number of ether oxygens (including phenoxy) is 1. The molecule has 3 nitrogen and oxygen atoms in total. The second-order valence-electron chi connectivity index (χ2n) is 4.62. The lowest BCUT2D eigenvalue weighted by Gasteiger charge is -2.35. The molecule has 2 unspecified atom stereocenters. The van der Waals surface area contributed by atoms with Gasteiger partial charge in [0.2, 0.25) is 0 Å². The molecule has 0 bridgehead atoms. The summed E-state index contributed by atoms with van der Waals surface area (Å²) in [6, 6.07) is 0. The molecule has 1 fully saturated rings. The molecule has 0 aliphatic carbocycles.